The van der Waals surface area contributed by atoms with Crippen molar-refractivity contribution in [3.63, 3.8) is 0 Å². The Hall–Kier alpha value is -1.75. The van der Waals surface area contributed by atoms with E-state index in [1.807, 2.05) is 25.1 Å². The van der Waals surface area contributed by atoms with Crippen LogP contribution in [0.4, 0.5) is 0 Å². The smallest absolute Gasteiger partial charge is 0.264 e. The van der Waals surface area contributed by atoms with E-state index in [1.54, 1.807) is 13.2 Å². The number of ether oxygens (including phenoxy) is 1. The SMILES string of the molecule is COc1ccc(C=C2SC(=N)NC2=O)cc1C. The summed E-state index contributed by atoms with van der Waals surface area (Å²) in [5.74, 6) is 0.608. The van der Waals surface area contributed by atoms with Crippen molar-refractivity contribution in [2.75, 3.05) is 7.11 Å². The molecule has 4 nitrogen and oxygen atoms in total. The Bertz CT molecular complexity index is 523. The van der Waals surface area contributed by atoms with Crippen molar-refractivity contribution in [3.8, 4) is 5.75 Å². The van der Waals surface area contributed by atoms with Crippen LogP contribution >= 0.6 is 11.8 Å². The molecule has 2 N–H and O–H groups in total. The Balaban J connectivity index is 2.30. The first-order chi connectivity index (χ1) is 8.10. The predicted octanol–water partition coefficient (Wildman–Crippen LogP) is 2.14. The Kier molecular flexibility index (Phi) is 3.19. The van der Waals surface area contributed by atoms with Gasteiger partial charge in [0.05, 0.1) is 12.0 Å². The van der Waals surface area contributed by atoms with Crippen molar-refractivity contribution >= 4 is 28.9 Å². The number of hydrogen-bond acceptors (Lipinski definition) is 4. The monoisotopic (exact) mass is 248 g/mol. The first kappa shape index (κ1) is 11.7. The summed E-state index contributed by atoms with van der Waals surface area (Å²) in [7, 11) is 1.63. The molecule has 0 unspecified atom stereocenters. The van der Waals surface area contributed by atoms with Gasteiger partial charge in [0.1, 0.15) is 5.75 Å². The van der Waals surface area contributed by atoms with Gasteiger partial charge < -0.3 is 10.1 Å². The number of methoxy groups -OCH3 is 1. The van der Waals surface area contributed by atoms with Gasteiger partial charge in [0.25, 0.3) is 5.91 Å². The van der Waals surface area contributed by atoms with Crippen LogP contribution in [0, 0.1) is 12.3 Å². The highest BCUT2D eigenvalue weighted by molar-refractivity contribution is 8.18. The zero-order valence-corrected chi connectivity index (χ0v) is 10.4. The molecule has 1 saturated heterocycles. The highest BCUT2D eigenvalue weighted by atomic mass is 32.2. The lowest BCUT2D eigenvalue weighted by molar-refractivity contribution is -0.115. The fraction of sp³-hybridized carbons (Fsp3) is 0.167. The minimum absolute atomic E-state index is 0.173. The molecule has 1 aromatic carbocycles. The summed E-state index contributed by atoms with van der Waals surface area (Å²) in [6, 6.07) is 5.70. The lowest BCUT2D eigenvalue weighted by atomic mass is 10.1. The van der Waals surface area contributed by atoms with Gasteiger partial charge in [0.2, 0.25) is 0 Å². The molecule has 1 aliphatic rings. The highest BCUT2D eigenvalue weighted by Crippen LogP contribution is 2.26. The van der Waals surface area contributed by atoms with Crippen LogP contribution in [0.1, 0.15) is 11.1 Å². The molecule has 1 aromatic rings. The van der Waals surface area contributed by atoms with Crippen LogP contribution in [0.15, 0.2) is 23.1 Å². The minimum Gasteiger partial charge on any atom is -0.496 e. The largest absolute Gasteiger partial charge is 0.496 e. The van der Waals surface area contributed by atoms with E-state index in [0.29, 0.717) is 4.91 Å². The number of nitrogens with one attached hydrogen (secondary N) is 2. The fourth-order valence-electron chi connectivity index (χ4n) is 1.58. The van der Waals surface area contributed by atoms with Gasteiger partial charge in [-0.2, -0.15) is 0 Å². The first-order valence-electron chi connectivity index (χ1n) is 5.04. The van der Waals surface area contributed by atoms with E-state index in [1.165, 1.54) is 0 Å². The number of carbonyl (C=O) groups excluding carboxylic acids is 1. The van der Waals surface area contributed by atoms with E-state index >= 15 is 0 Å². The summed E-state index contributed by atoms with van der Waals surface area (Å²) in [4.78, 5) is 12.0. The Morgan fingerprint density at radius 2 is 2.24 bits per heavy atom. The molecule has 17 heavy (non-hydrogen) atoms. The summed E-state index contributed by atoms with van der Waals surface area (Å²) in [6.07, 6.45) is 1.77. The average molecular weight is 248 g/mol. The molecule has 88 valence electrons. The van der Waals surface area contributed by atoms with E-state index in [2.05, 4.69) is 5.32 Å². The van der Waals surface area contributed by atoms with Crippen LogP contribution in [-0.4, -0.2) is 18.2 Å². The summed E-state index contributed by atoms with van der Waals surface area (Å²) < 4.78 is 5.17. The normalized spacial score (nSPS) is 17.4. The standard InChI is InChI=1S/C12H12N2O2S/c1-7-5-8(3-4-9(7)16-2)6-10-11(15)14-12(13)17-10/h3-6H,1-2H3,(H2,13,14,15). The number of aryl methyl sites for hydroxylation is 1. The first-order valence-corrected chi connectivity index (χ1v) is 5.86. The topological polar surface area (TPSA) is 62.2 Å². The van der Waals surface area contributed by atoms with Crippen LogP contribution in [0.25, 0.3) is 6.08 Å². The maximum absolute atomic E-state index is 11.4. The number of hydrogen-bond donors (Lipinski definition) is 2. The molecule has 5 heteroatoms. The summed E-state index contributed by atoms with van der Waals surface area (Å²) in [5.41, 5.74) is 1.94. The van der Waals surface area contributed by atoms with Gasteiger partial charge in [0.15, 0.2) is 5.17 Å². The van der Waals surface area contributed by atoms with Crippen LogP contribution in [-0.2, 0) is 4.79 Å². The van der Waals surface area contributed by atoms with E-state index in [0.717, 1.165) is 28.6 Å². The van der Waals surface area contributed by atoms with Crippen molar-refractivity contribution < 1.29 is 9.53 Å². The highest BCUT2D eigenvalue weighted by Gasteiger charge is 2.22. The Morgan fingerprint density at radius 1 is 1.47 bits per heavy atom. The lowest BCUT2D eigenvalue weighted by Gasteiger charge is -2.04. The third kappa shape index (κ3) is 2.50. The zero-order chi connectivity index (χ0) is 12.4. The number of amidine groups is 1. The molecule has 1 aliphatic heterocycles. The van der Waals surface area contributed by atoms with Crippen molar-refractivity contribution in [2.45, 2.75) is 6.92 Å². The number of rotatable bonds is 2. The number of benzene rings is 1. The molecule has 0 saturated carbocycles. The second kappa shape index (κ2) is 4.63. The predicted molar refractivity (Wildman–Crippen MR) is 69.2 cm³/mol. The molecular weight excluding hydrogens is 236 g/mol. The van der Waals surface area contributed by atoms with E-state index < -0.39 is 0 Å². The van der Waals surface area contributed by atoms with Crippen molar-refractivity contribution in [2.24, 2.45) is 0 Å². The maximum atomic E-state index is 11.4. The molecule has 1 heterocycles. The average Bonchev–Trinajstić information content (AvgIpc) is 2.58. The molecule has 1 amide bonds. The van der Waals surface area contributed by atoms with Gasteiger partial charge >= 0.3 is 0 Å². The summed E-state index contributed by atoms with van der Waals surface area (Å²) in [6.45, 7) is 1.95. The van der Waals surface area contributed by atoms with Gasteiger partial charge in [-0.05, 0) is 48.0 Å². The maximum Gasteiger partial charge on any atom is 0.264 e. The molecule has 0 spiro atoms. The minimum atomic E-state index is -0.214. The quantitative estimate of drug-likeness (QED) is 0.788. The lowest BCUT2D eigenvalue weighted by Crippen LogP contribution is -2.18. The number of thioether (sulfide) groups is 1. The third-order valence-electron chi connectivity index (χ3n) is 2.38. The van der Waals surface area contributed by atoms with Gasteiger partial charge in [-0.3, -0.25) is 10.2 Å². The molecule has 0 aliphatic carbocycles. The van der Waals surface area contributed by atoms with Crippen molar-refractivity contribution in [1.82, 2.24) is 5.32 Å². The van der Waals surface area contributed by atoms with Gasteiger partial charge in [-0.1, -0.05) is 6.07 Å². The van der Waals surface area contributed by atoms with Crippen LogP contribution in [0.2, 0.25) is 0 Å². The van der Waals surface area contributed by atoms with Crippen LogP contribution < -0.4 is 10.1 Å². The van der Waals surface area contributed by atoms with E-state index in [4.69, 9.17) is 10.1 Å². The van der Waals surface area contributed by atoms with E-state index in [-0.39, 0.29) is 11.1 Å². The van der Waals surface area contributed by atoms with Gasteiger partial charge in [-0.15, -0.1) is 0 Å². The molecule has 0 aromatic heterocycles. The van der Waals surface area contributed by atoms with Gasteiger partial charge in [0, 0.05) is 0 Å². The van der Waals surface area contributed by atoms with Crippen molar-refractivity contribution in [1.29, 1.82) is 5.41 Å². The molecule has 2 rings (SSSR count). The molecular formula is C12H12N2O2S. The third-order valence-corrected chi connectivity index (χ3v) is 3.21. The fourth-order valence-corrected chi connectivity index (χ4v) is 2.29. The molecule has 0 atom stereocenters. The van der Waals surface area contributed by atoms with E-state index in [9.17, 15) is 4.79 Å². The number of carbonyl (C=O) groups is 1. The van der Waals surface area contributed by atoms with Crippen LogP contribution in [0.5, 0.6) is 5.75 Å². The molecule has 1 fully saturated rings. The second-order valence-corrected chi connectivity index (χ2v) is 4.68. The molecule has 0 bridgehead atoms. The van der Waals surface area contributed by atoms with Crippen molar-refractivity contribution in [3.05, 3.63) is 34.2 Å². The summed E-state index contributed by atoms with van der Waals surface area (Å²) >= 11 is 1.14. The summed E-state index contributed by atoms with van der Waals surface area (Å²) in [5, 5.41) is 9.96. The van der Waals surface area contributed by atoms with Crippen LogP contribution in [0.3, 0.4) is 0 Å². The second-order valence-electron chi connectivity index (χ2n) is 3.62. The Morgan fingerprint density at radius 3 is 2.76 bits per heavy atom. The molecule has 0 radical (unpaired) electrons. The number of amides is 1. The van der Waals surface area contributed by atoms with Gasteiger partial charge in [-0.25, -0.2) is 0 Å². The zero-order valence-electron chi connectivity index (χ0n) is 9.53. The Labute approximate surface area is 104 Å².